The normalized spacial score (nSPS) is 16.5. The zero-order chi connectivity index (χ0) is 14.5. The Morgan fingerprint density at radius 3 is 2.85 bits per heavy atom. The van der Waals surface area contributed by atoms with Gasteiger partial charge in [-0.15, -0.1) is 0 Å². The number of carboxylic acids is 1. The fraction of sp³-hybridized carbons (Fsp3) is 0.467. The van der Waals surface area contributed by atoms with Gasteiger partial charge < -0.3 is 10.0 Å². The zero-order valence-corrected chi connectivity index (χ0v) is 11.7. The number of hydrogen-bond donors (Lipinski definition) is 1. The molecule has 1 N–H and O–H groups in total. The first-order valence-corrected chi connectivity index (χ1v) is 6.80. The highest BCUT2D eigenvalue weighted by atomic mass is 16.4. The van der Waals surface area contributed by atoms with Crippen LogP contribution in [-0.4, -0.2) is 48.7 Å². The van der Waals surface area contributed by atoms with Gasteiger partial charge in [-0.3, -0.25) is 9.69 Å². The fourth-order valence-corrected chi connectivity index (χ4v) is 2.58. The average molecular weight is 273 g/mol. The van der Waals surface area contributed by atoms with Crippen molar-refractivity contribution < 1.29 is 9.90 Å². The number of hydrogen-bond acceptors (Lipinski definition) is 4. The van der Waals surface area contributed by atoms with E-state index in [1.54, 1.807) is 0 Å². The Labute approximate surface area is 119 Å². The van der Waals surface area contributed by atoms with Gasteiger partial charge in [0.2, 0.25) is 0 Å². The first-order valence-electron chi connectivity index (χ1n) is 6.80. The smallest absolute Gasteiger partial charge is 0.317 e. The standard InChI is InChI=1S/C15H19N3O2/c1-12-3-4-14(13(9-12)10-16)18-6-2-5-17(7-8-18)11-15(19)20/h3-4,9H,2,5-8,11H2,1H3,(H,19,20). The number of aryl methyl sites for hydroxylation is 1. The van der Waals surface area contributed by atoms with Gasteiger partial charge in [0.1, 0.15) is 6.07 Å². The SMILES string of the molecule is Cc1ccc(N2CCCN(CC(=O)O)CC2)c(C#N)c1. The lowest BCUT2D eigenvalue weighted by atomic mass is 10.1. The molecule has 0 bridgehead atoms. The summed E-state index contributed by atoms with van der Waals surface area (Å²) in [6.07, 6.45) is 0.909. The number of aliphatic carboxylic acids is 1. The minimum Gasteiger partial charge on any atom is -0.480 e. The van der Waals surface area contributed by atoms with Crippen LogP contribution in [0.2, 0.25) is 0 Å². The largest absolute Gasteiger partial charge is 0.480 e. The van der Waals surface area contributed by atoms with Crippen LogP contribution in [0.4, 0.5) is 5.69 Å². The van der Waals surface area contributed by atoms with Crippen LogP contribution in [0.1, 0.15) is 17.5 Å². The Kier molecular flexibility index (Phi) is 4.59. The van der Waals surface area contributed by atoms with Gasteiger partial charge in [0.15, 0.2) is 0 Å². The third kappa shape index (κ3) is 3.49. The second kappa shape index (κ2) is 6.40. The minimum absolute atomic E-state index is 0.0901. The summed E-state index contributed by atoms with van der Waals surface area (Å²) in [6, 6.07) is 8.14. The molecule has 1 aliphatic heterocycles. The zero-order valence-electron chi connectivity index (χ0n) is 11.7. The fourth-order valence-electron chi connectivity index (χ4n) is 2.58. The molecular weight excluding hydrogens is 254 g/mol. The van der Waals surface area contributed by atoms with Crippen LogP contribution in [0.15, 0.2) is 18.2 Å². The van der Waals surface area contributed by atoms with Crippen molar-refractivity contribution >= 4 is 11.7 Å². The summed E-state index contributed by atoms with van der Waals surface area (Å²) in [5, 5.41) is 18.1. The summed E-state index contributed by atoms with van der Waals surface area (Å²) < 4.78 is 0. The molecule has 0 saturated carbocycles. The van der Waals surface area contributed by atoms with E-state index >= 15 is 0 Å². The number of nitrogens with zero attached hydrogens (tertiary/aromatic N) is 3. The van der Waals surface area contributed by atoms with E-state index in [9.17, 15) is 10.1 Å². The minimum atomic E-state index is -0.786. The van der Waals surface area contributed by atoms with E-state index in [4.69, 9.17) is 5.11 Å². The molecule has 5 heteroatoms. The molecule has 5 nitrogen and oxygen atoms in total. The molecule has 1 fully saturated rings. The predicted octanol–water partition coefficient (Wildman–Crippen LogP) is 1.46. The maximum Gasteiger partial charge on any atom is 0.317 e. The molecule has 0 amide bonds. The van der Waals surface area contributed by atoms with E-state index in [-0.39, 0.29) is 6.54 Å². The maximum absolute atomic E-state index is 10.8. The summed E-state index contributed by atoms with van der Waals surface area (Å²) in [4.78, 5) is 14.9. The summed E-state index contributed by atoms with van der Waals surface area (Å²) >= 11 is 0. The van der Waals surface area contributed by atoms with Gasteiger partial charge in [0.05, 0.1) is 17.8 Å². The second-order valence-electron chi connectivity index (χ2n) is 5.14. The molecule has 0 aliphatic carbocycles. The molecule has 106 valence electrons. The van der Waals surface area contributed by atoms with Crippen molar-refractivity contribution in [3.63, 3.8) is 0 Å². The van der Waals surface area contributed by atoms with Crippen molar-refractivity contribution in [3.05, 3.63) is 29.3 Å². The van der Waals surface area contributed by atoms with E-state index in [1.807, 2.05) is 30.0 Å². The number of carboxylic acid groups (broad SMARTS) is 1. The van der Waals surface area contributed by atoms with Crippen molar-refractivity contribution in [2.24, 2.45) is 0 Å². The molecular formula is C15H19N3O2. The van der Waals surface area contributed by atoms with E-state index in [0.717, 1.165) is 37.3 Å². The molecule has 20 heavy (non-hydrogen) atoms. The van der Waals surface area contributed by atoms with E-state index in [2.05, 4.69) is 11.0 Å². The Morgan fingerprint density at radius 2 is 2.15 bits per heavy atom. The van der Waals surface area contributed by atoms with Gasteiger partial charge in [-0.25, -0.2) is 0 Å². The van der Waals surface area contributed by atoms with Crippen LogP contribution >= 0.6 is 0 Å². The summed E-state index contributed by atoms with van der Waals surface area (Å²) in [6.45, 7) is 5.18. The lowest BCUT2D eigenvalue weighted by molar-refractivity contribution is -0.138. The van der Waals surface area contributed by atoms with Crippen LogP contribution < -0.4 is 4.90 Å². The van der Waals surface area contributed by atoms with E-state index in [1.165, 1.54) is 0 Å². The number of benzene rings is 1. The molecule has 1 heterocycles. The van der Waals surface area contributed by atoms with Crippen LogP contribution in [0.25, 0.3) is 0 Å². The van der Waals surface area contributed by atoms with Crippen LogP contribution in [0, 0.1) is 18.3 Å². The summed E-state index contributed by atoms with van der Waals surface area (Å²) in [7, 11) is 0. The molecule has 2 rings (SSSR count). The first kappa shape index (κ1) is 14.4. The highest BCUT2D eigenvalue weighted by Crippen LogP contribution is 2.22. The van der Waals surface area contributed by atoms with Crippen LogP contribution in [0.3, 0.4) is 0 Å². The monoisotopic (exact) mass is 273 g/mol. The highest BCUT2D eigenvalue weighted by Gasteiger charge is 2.18. The molecule has 1 saturated heterocycles. The van der Waals surface area contributed by atoms with Gasteiger partial charge >= 0.3 is 5.97 Å². The maximum atomic E-state index is 10.8. The van der Waals surface area contributed by atoms with E-state index < -0.39 is 5.97 Å². The molecule has 0 spiro atoms. The number of nitriles is 1. The second-order valence-corrected chi connectivity index (χ2v) is 5.14. The molecule has 0 aromatic heterocycles. The molecule has 0 radical (unpaired) electrons. The molecule has 0 atom stereocenters. The molecule has 1 aromatic rings. The van der Waals surface area contributed by atoms with Crippen LogP contribution in [0.5, 0.6) is 0 Å². The average Bonchev–Trinajstić information content (AvgIpc) is 2.63. The third-order valence-corrected chi connectivity index (χ3v) is 3.56. The van der Waals surface area contributed by atoms with Gasteiger partial charge in [-0.05, 0) is 31.0 Å². The van der Waals surface area contributed by atoms with Crippen molar-refractivity contribution in [3.8, 4) is 6.07 Å². The molecule has 1 aliphatic rings. The predicted molar refractivity (Wildman–Crippen MR) is 76.8 cm³/mol. The molecule has 0 unspecified atom stereocenters. The Bertz CT molecular complexity index is 536. The number of anilines is 1. The van der Waals surface area contributed by atoms with Crippen molar-refractivity contribution in [2.75, 3.05) is 37.6 Å². The van der Waals surface area contributed by atoms with Gasteiger partial charge in [0.25, 0.3) is 0 Å². The molecule has 1 aromatic carbocycles. The van der Waals surface area contributed by atoms with Crippen molar-refractivity contribution in [1.82, 2.24) is 4.90 Å². The number of rotatable bonds is 3. The van der Waals surface area contributed by atoms with Crippen LogP contribution in [-0.2, 0) is 4.79 Å². The highest BCUT2D eigenvalue weighted by molar-refractivity contribution is 5.69. The Morgan fingerprint density at radius 1 is 1.35 bits per heavy atom. The summed E-state index contributed by atoms with van der Waals surface area (Å²) in [5.41, 5.74) is 2.72. The van der Waals surface area contributed by atoms with Crippen molar-refractivity contribution in [1.29, 1.82) is 5.26 Å². The van der Waals surface area contributed by atoms with Crippen molar-refractivity contribution in [2.45, 2.75) is 13.3 Å². The Hall–Kier alpha value is -2.06. The number of carbonyl (C=O) groups is 1. The van der Waals surface area contributed by atoms with E-state index in [0.29, 0.717) is 12.1 Å². The lowest BCUT2D eigenvalue weighted by Crippen LogP contribution is -2.34. The van der Waals surface area contributed by atoms with Gasteiger partial charge in [-0.1, -0.05) is 6.07 Å². The lowest BCUT2D eigenvalue weighted by Gasteiger charge is -2.24. The first-order chi connectivity index (χ1) is 9.60. The third-order valence-electron chi connectivity index (χ3n) is 3.56. The van der Waals surface area contributed by atoms with Gasteiger partial charge in [-0.2, -0.15) is 5.26 Å². The quantitative estimate of drug-likeness (QED) is 0.903. The summed E-state index contributed by atoms with van der Waals surface area (Å²) in [5.74, 6) is -0.786. The topological polar surface area (TPSA) is 67.6 Å². The van der Waals surface area contributed by atoms with Gasteiger partial charge in [0, 0.05) is 26.2 Å². The Balaban J connectivity index is 2.11.